The van der Waals surface area contributed by atoms with Crippen LogP contribution in [-0.4, -0.2) is 25.0 Å². The third-order valence-corrected chi connectivity index (χ3v) is 4.37. The van der Waals surface area contributed by atoms with Crippen LogP contribution in [-0.2, 0) is 6.61 Å². The Hall–Kier alpha value is -2.71. The van der Waals surface area contributed by atoms with Crippen molar-refractivity contribution in [2.45, 2.75) is 13.5 Å². The lowest BCUT2D eigenvalue weighted by Crippen LogP contribution is -2.02. The van der Waals surface area contributed by atoms with Crippen LogP contribution in [0.4, 0.5) is 0 Å². The van der Waals surface area contributed by atoms with Crippen molar-refractivity contribution in [2.75, 3.05) is 0 Å². The molecule has 7 nitrogen and oxygen atoms in total. The van der Waals surface area contributed by atoms with Crippen molar-refractivity contribution >= 4 is 27.5 Å². The van der Waals surface area contributed by atoms with E-state index in [2.05, 4.69) is 36.2 Å². The molecule has 0 saturated carbocycles. The van der Waals surface area contributed by atoms with Gasteiger partial charge in [0.15, 0.2) is 12.4 Å². The highest BCUT2D eigenvalue weighted by molar-refractivity contribution is 9.10. The molecule has 0 amide bonds. The average Bonchev–Trinajstić information content (AvgIpc) is 3.28. The van der Waals surface area contributed by atoms with Gasteiger partial charge in [0.1, 0.15) is 16.0 Å². The molecule has 4 aromatic rings. The first kappa shape index (κ1) is 17.7. The van der Waals surface area contributed by atoms with E-state index in [0.29, 0.717) is 27.0 Å². The van der Waals surface area contributed by atoms with E-state index in [0.717, 1.165) is 11.3 Å². The van der Waals surface area contributed by atoms with Crippen molar-refractivity contribution in [3.8, 4) is 23.2 Å². The van der Waals surface area contributed by atoms with E-state index in [1.54, 1.807) is 29.1 Å². The predicted octanol–water partition coefficient (Wildman–Crippen LogP) is 4.62. The zero-order valence-electron chi connectivity index (χ0n) is 14.1. The summed E-state index contributed by atoms with van der Waals surface area (Å²) in [4.78, 5) is 4.27. The monoisotopic (exact) mass is 445 g/mol. The van der Waals surface area contributed by atoms with E-state index in [1.165, 1.54) is 0 Å². The van der Waals surface area contributed by atoms with Gasteiger partial charge in [-0.25, -0.2) is 9.67 Å². The van der Waals surface area contributed by atoms with Gasteiger partial charge in [-0.3, -0.25) is 0 Å². The number of aromatic nitrogens is 5. The smallest absolute Gasteiger partial charge is 0.266 e. The number of hydrogen-bond donors (Lipinski definition) is 0. The van der Waals surface area contributed by atoms with Crippen LogP contribution in [0.3, 0.4) is 0 Å². The van der Waals surface area contributed by atoms with Gasteiger partial charge in [0.25, 0.3) is 11.8 Å². The molecule has 1 aromatic carbocycles. The lowest BCUT2D eigenvalue weighted by Gasteiger charge is -2.05. The molecule has 27 heavy (non-hydrogen) atoms. The molecule has 0 aliphatic rings. The second-order valence-electron chi connectivity index (χ2n) is 5.68. The van der Waals surface area contributed by atoms with Gasteiger partial charge in [0.05, 0.1) is 5.02 Å². The minimum absolute atomic E-state index is 0.162. The maximum Gasteiger partial charge on any atom is 0.266 e. The Labute approximate surface area is 168 Å². The summed E-state index contributed by atoms with van der Waals surface area (Å²) in [7, 11) is 0. The molecule has 4 rings (SSSR count). The number of nitrogens with zero attached hydrogens (tertiary/aromatic N) is 5. The molecule has 136 valence electrons. The third kappa shape index (κ3) is 3.86. The summed E-state index contributed by atoms with van der Waals surface area (Å²) in [5.74, 6) is 1.84. The first-order chi connectivity index (χ1) is 13.1. The van der Waals surface area contributed by atoms with Crippen LogP contribution in [0.5, 0.6) is 5.75 Å². The molecule has 9 heteroatoms. The molecular formula is C18H13BrClN5O2. The summed E-state index contributed by atoms with van der Waals surface area (Å²) < 4.78 is 13.5. The van der Waals surface area contributed by atoms with Crippen molar-refractivity contribution in [3.05, 3.63) is 69.7 Å². The van der Waals surface area contributed by atoms with Crippen molar-refractivity contribution in [2.24, 2.45) is 0 Å². The van der Waals surface area contributed by atoms with Gasteiger partial charge in [-0.1, -0.05) is 29.3 Å². The highest BCUT2D eigenvalue weighted by atomic mass is 79.9. The lowest BCUT2D eigenvalue weighted by molar-refractivity contribution is 0.264. The van der Waals surface area contributed by atoms with Gasteiger partial charge in [-0.05, 0) is 47.1 Å². The highest BCUT2D eigenvalue weighted by Gasteiger charge is 2.19. The molecule has 0 N–H and O–H groups in total. The lowest BCUT2D eigenvalue weighted by atomic mass is 10.2. The largest absolute Gasteiger partial charge is 0.484 e. The maximum atomic E-state index is 6.24. The number of halogens is 2. The second kappa shape index (κ2) is 7.50. The minimum Gasteiger partial charge on any atom is -0.484 e. The fourth-order valence-electron chi connectivity index (χ4n) is 2.39. The molecule has 0 atom stereocenters. The molecule has 3 aromatic heterocycles. The molecule has 0 saturated heterocycles. The molecule has 0 aliphatic heterocycles. The molecule has 0 bridgehead atoms. The van der Waals surface area contributed by atoms with Crippen LogP contribution in [0.15, 0.2) is 57.7 Å². The molecule has 3 heterocycles. The number of pyridine rings is 1. The standard InChI is InChI=1S/C18H13BrClN5O2/c1-11-4-6-12(7-5-11)26-10-16-22-23-18(27-16)14-9-15(19)24-25(14)17-13(20)3-2-8-21-17/h2-9H,10H2,1H3. The van der Waals surface area contributed by atoms with Gasteiger partial charge in [0.2, 0.25) is 0 Å². The Morgan fingerprint density at radius 3 is 2.78 bits per heavy atom. The fraction of sp³-hybridized carbons (Fsp3) is 0.111. The number of aryl methyl sites for hydroxylation is 1. The minimum atomic E-state index is 0.162. The van der Waals surface area contributed by atoms with Crippen molar-refractivity contribution in [1.29, 1.82) is 0 Å². The van der Waals surface area contributed by atoms with Crippen LogP contribution < -0.4 is 4.74 Å². The van der Waals surface area contributed by atoms with Crippen molar-refractivity contribution in [1.82, 2.24) is 25.0 Å². The van der Waals surface area contributed by atoms with Crippen LogP contribution in [0.2, 0.25) is 5.02 Å². The quantitative estimate of drug-likeness (QED) is 0.445. The first-order valence-electron chi connectivity index (χ1n) is 7.99. The van der Waals surface area contributed by atoms with E-state index in [9.17, 15) is 0 Å². The first-order valence-corrected chi connectivity index (χ1v) is 9.16. The van der Waals surface area contributed by atoms with Gasteiger partial charge >= 0.3 is 0 Å². The van der Waals surface area contributed by atoms with E-state index >= 15 is 0 Å². The fourth-order valence-corrected chi connectivity index (χ4v) is 2.97. The Bertz CT molecular complexity index is 1080. The predicted molar refractivity (Wildman–Crippen MR) is 103 cm³/mol. The molecular weight excluding hydrogens is 434 g/mol. The summed E-state index contributed by atoms with van der Waals surface area (Å²) in [5.41, 5.74) is 1.73. The molecule has 0 radical (unpaired) electrons. The topological polar surface area (TPSA) is 78.9 Å². The van der Waals surface area contributed by atoms with Crippen LogP contribution in [0, 0.1) is 6.92 Å². The average molecular weight is 447 g/mol. The van der Waals surface area contributed by atoms with E-state index < -0.39 is 0 Å². The van der Waals surface area contributed by atoms with Crippen LogP contribution in [0.25, 0.3) is 17.4 Å². The van der Waals surface area contributed by atoms with E-state index in [4.69, 9.17) is 20.8 Å². The number of ether oxygens (including phenoxy) is 1. The van der Waals surface area contributed by atoms with Gasteiger partial charge in [0, 0.05) is 12.3 Å². The number of hydrogen-bond acceptors (Lipinski definition) is 6. The van der Waals surface area contributed by atoms with E-state index in [-0.39, 0.29) is 12.5 Å². The summed E-state index contributed by atoms with van der Waals surface area (Å²) in [6, 6.07) is 13.0. The van der Waals surface area contributed by atoms with Crippen LogP contribution >= 0.6 is 27.5 Å². The second-order valence-corrected chi connectivity index (χ2v) is 6.90. The molecule has 0 spiro atoms. The van der Waals surface area contributed by atoms with Gasteiger partial charge in [-0.15, -0.1) is 10.2 Å². The maximum absolute atomic E-state index is 6.24. The van der Waals surface area contributed by atoms with Gasteiger partial charge in [-0.2, -0.15) is 5.10 Å². The van der Waals surface area contributed by atoms with Crippen LogP contribution in [0.1, 0.15) is 11.5 Å². The SMILES string of the molecule is Cc1ccc(OCc2nnc(-c3cc(Br)nn3-c3ncccc3Cl)o2)cc1. The molecule has 0 unspecified atom stereocenters. The Kier molecular flexibility index (Phi) is 4.91. The summed E-state index contributed by atoms with van der Waals surface area (Å²) in [6.45, 7) is 2.18. The highest BCUT2D eigenvalue weighted by Crippen LogP contribution is 2.27. The Morgan fingerprint density at radius 2 is 2.00 bits per heavy atom. The summed E-state index contributed by atoms with van der Waals surface area (Å²) >= 11 is 9.59. The zero-order chi connectivity index (χ0) is 18.8. The zero-order valence-corrected chi connectivity index (χ0v) is 16.5. The molecule has 0 fully saturated rings. The van der Waals surface area contributed by atoms with E-state index in [1.807, 2.05) is 31.2 Å². The van der Waals surface area contributed by atoms with Crippen molar-refractivity contribution in [3.63, 3.8) is 0 Å². The summed E-state index contributed by atoms with van der Waals surface area (Å²) in [6.07, 6.45) is 1.63. The normalized spacial score (nSPS) is 10.9. The number of benzene rings is 1. The number of rotatable bonds is 5. The Morgan fingerprint density at radius 1 is 1.19 bits per heavy atom. The third-order valence-electron chi connectivity index (χ3n) is 3.69. The van der Waals surface area contributed by atoms with Crippen molar-refractivity contribution < 1.29 is 9.15 Å². The molecule has 0 aliphatic carbocycles. The summed E-state index contributed by atoms with van der Waals surface area (Å²) in [5, 5.41) is 12.9. The Balaban J connectivity index is 1.58. The van der Waals surface area contributed by atoms with Gasteiger partial charge < -0.3 is 9.15 Å².